The highest BCUT2D eigenvalue weighted by atomic mass is 16.5. The summed E-state index contributed by atoms with van der Waals surface area (Å²) in [6.07, 6.45) is 1.57. The van der Waals surface area contributed by atoms with E-state index >= 15 is 0 Å². The SMILES string of the molecule is COc1ccc(-c2[nH]ncc2C(=O)N[C@H](c2nc3ccccc3n2C(C)C)C(C)C)cc1. The van der Waals surface area contributed by atoms with Crippen molar-refractivity contribution in [2.24, 2.45) is 5.92 Å². The topological polar surface area (TPSA) is 84.8 Å². The van der Waals surface area contributed by atoms with Crippen molar-refractivity contribution < 1.29 is 9.53 Å². The molecule has 0 aliphatic heterocycles. The molecule has 0 aliphatic carbocycles. The maximum atomic E-state index is 13.4. The molecule has 1 atom stereocenters. The molecule has 0 aliphatic rings. The van der Waals surface area contributed by atoms with Gasteiger partial charge in [-0.05, 0) is 56.2 Å². The van der Waals surface area contributed by atoms with Crippen LogP contribution >= 0.6 is 0 Å². The average Bonchev–Trinajstić information content (AvgIpc) is 3.42. The van der Waals surface area contributed by atoms with Crippen molar-refractivity contribution >= 4 is 16.9 Å². The monoisotopic (exact) mass is 431 g/mol. The number of nitrogens with one attached hydrogen (secondary N) is 2. The van der Waals surface area contributed by atoms with E-state index in [4.69, 9.17) is 9.72 Å². The van der Waals surface area contributed by atoms with Crippen LogP contribution in [-0.2, 0) is 0 Å². The Morgan fingerprint density at radius 2 is 1.78 bits per heavy atom. The first-order valence-electron chi connectivity index (χ1n) is 10.9. The number of benzene rings is 2. The molecule has 4 aromatic rings. The van der Waals surface area contributed by atoms with Gasteiger partial charge in [-0.25, -0.2) is 4.98 Å². The molecule has 0 radical (unpaired) electrons. The average molecular weight is 432 g/mol. The second-order valence-corrected chi connectivity index (χ2v) is 8.50. The molecule has 2 heterocycles. The molecule has 0 saturated carbocycles. The smallest absolute Gasteiger partial charge is 0.255 e. The summed E-state index contributed by atoms with van der Waals surface area (Å²) in [4.78, 5) is 18.3. The number of imidazole rings is 1. The van der Waals surface area contributed by atoms with Crippen LogP contribution in [0, 0.1) is 5.92 Å². The molecule has 166 valence electrons. The number of hydrogen-bond donors (Lipinski definition) is 2. The number of aromatic nitrogens is 4. The van der Waals surface area contributed by atoms with E-state index in [0.717, 1.165) is 28.2 Å². The van der Waals surface area contributed by atoms with Crippen molar-refractivity contribution in [2.45, 2.75) is 39.8 Å². The number of amides is 1. The largest absolute Gasteiger partial charge is 0.497 e. The van der Waals surface area contributed by atoms with Gasteiger partial charge in [0.2, 0.25) is 0 Å². The zero-order valence-corrected chi connectivity index (χ0v) is 19.1. The molecular weight excluding hydrogens is 402 g/mol. The number of ether oxygens (including phenoxy) is 1. The molecular formula is C25H29N5O2. The van der Waals surface area contributed by atoms with Gasteiger partial charge in [0.25, 0.3) is 5.91 Å². The maximum absolute atomic E-state index is 13.4. The van der Waals surface area contributed by atoms with E-state index in [1.54, 1.807) is 13.3 Å². The van der Waals surface area contributed by atoms with E-state index in [1.807, 2.05) is 42.5 Å². The molecule has 2 aromatic carbocycles. The number of rotatable bonds is 7. The second kappa shape index (κ2) is 8.86. The number of carbonyl (C=O) groups is 1. The summed E-state index contributed by atoms with van der Waals surface area (Å²) in [6.45, 7) is 8.45. The summed E-state index contributed by atoms with van der Waals surface area (Å²) in [7, 11) is 1.63. The molecule has 0 spiro atoms. The third kappa shape index (κ3) is 3.98. The molecule has 1 amide bonds. The summed E-state index contributed by atoms with van der Waals surface area (Å²) in [6, 6.07) is 15.6. The van der Waals surface area contributed by atoms with E-state index in [1.165, 1.54) is 0 Å². The quantitative estimate of drug-likeness (QED) is 0.424. The van der Waals surface area contributed by atoms with E-state index in [-0.39, 0.29) is 23.9 Å². The van der Waals surface area contributed by atoms with Gasteiger partial charge in [0, 0.05) is 11.6 Å². The van der Waals surface area contributed by atoms with Crippen LogP contribution in [0.1, 0.15) is 56.0 Å². The van der Waals surface area contributed by atoms with Crippen molar-refractivity contribution in [1.29, 1.82) is 0 Å². The van der Waals surface area contributed by atoms with Gasteiger partial charge in [-0.1, -0.05) is 26.0 Å². The van der Waals surface area contributed by atoms with Crippen molar-refractivity contribution in [2.75, 3.05) is 7.11 Å². The molecule has 2 N–H and O–H groups in total. The van der Waals surface area contributed by atoms with Crippen LogP contribution < -0.4 is 10.1 Å². The van der Waals surface area contributed by atoms with Crippen LogP contribution in [0.4, 0.5) is 0 Å². The van der Waals surface area contributed by atoms with Crippen LogP contribution in [0.25, 0.3) is 22.3 Å². The van der Waals surface area contributed by atoms with E-state index in [9.17, 15) is 4.79 Å². The fraction of sp³-hybridized carbons (Fsp3) is 0.320. The first-order valence-corrected chi connectivity index (χ1v) is 10.9. The minimum absolute atomic E-state index is 0.143. The molecule has 0 saturated heterocycles. The van der Waals surface area contributed by atoms with Crippen LogP contribution in [0.2, 0.25) is 0 Å². The second-order valence-electron chi connectivity index (χ2n) is 8.50. The van der Waals surface area contributed by atoms with E-state index < -0.39 is 0 Å². The van der Waals surface area contributed by atoms with E-state index in [0.29, 0.717) is 11.3 Å². The highest BCUT2D eigenvalue weighted by Crippen LogP contribution is 2.30. The Hall–Kier alpha value is -3.61. The summed E-state index contributed by atoms with van der Waals surface area (Å²) in [5, 5.41) is 10.3. The van der Waals surface area contributed by atoms with Crippen LogP contribution in [0.3, 0.4) is 0 Å². The fourth-order valence-electron chi connectivity index (χ4n) is 4.01. The highest BCUT2D eigenvalue weighted by molar-refractivity contribution is 6.00. The van der Waals surface area contributed by atoms with Crippen LogP contribution in [-0.4, -0.2) is 32.8 Å². The molecule has 7 nitrogen and oxygen atoms in total. The number of aromatic amines is 1. The molecule has 0 bridgehead atoms. The summed E-state index contributed by atoms with van der Waals surface area (Å²) >= 11 is 0. The molecule has 7 heteroatoms. The van der Waals surface area contributed by atoms with Gasteiger partial charge in [0.15, 0.2) is 0 Å². The lowest BCUT2D eigenvalue weighted by Gasteiger charge is -2.25. The Morgan fingerprint density at radius 3 is 2.44 bits per heavy atom. The van der Waals surface area contributed by atoms with Crippen molar-refractivity contribution in [3.8, 4) is 17.0 Å². The summed E-state index contributed by atoms with van der Waals surface area (Å²) in [5.74, 6) is 1.57. The molecule has 0 fully saturated rings. The Morgan fingerprint density at radius 1 is 1.06 bits per heavy atom. The lowest BCUT2D eigenvalue weighted by Crippen LogP contribution is -2.34. The minimum Gasteiger partial charge on any atom is -0.497 e. The van der Waals surface area contributed by atoms with Crippen LogP contribution in [0.15, 0.2) is 54.7 Å². The van der Waals surface area contributed by atoms with Crippen molar-refractivity contribution in [3.05, 3.63) is 66.1 Å². The zero-order chi connectivity index (χ0) is 22.8. The zero-order valence-electron chi connectivity index (χ0n) is 19.1. The Balaban J connectivity index is 1.69. The first-order chi connectivity index (χ1) is 15.4. The van der Waals surface area contributed by atoms with Gasteiger partial charge < -0.3 is 14.6 Å². The Labute approximate surface area is 187 Å². The molecule has 0 unspecified atom stereocenters. The number of carbonyl (C=O) groups excluding carboxylic acids is 1. The predicted octanol–water partition coefficient (Wildman–Crippen LogP) is 5.14. The summed E-state index contributed by atoms with van der Waals surface area (Å²) in [5.41, 5.74) is 4.03. The number of methoxy groups -OCH3 is 1. The number of para-hydroxylation sites is 2. The number of fused-ring (bicyclic) bond motifs is 1. The van der Waals surface area contributed by atoms with Gasteiger partial charge in [-0.15, -0.1) is 0 Å². The van der Waals surface area contributed by atoms with Crippen molar-refractivity contribution in [3.63, 3.8) is 0 Å². The number of nitrogens with zero attached hydrogens (tertiary/aromatic N) is 3. The van der Waals surface area contributed by atoms with Crippen molar-refractivity contribution in [1.82, 2.24) is 25.1 Å². The summed E-state index contributed by atoms with van der Waals surface area (Å²) < 4.78 is 7.44. The molecule has 4 rings (SSSR count). The van der Waals surface area contributed by atoms with Gasteiger partial charge in [-0.3, -0.25) is 9.89 Å². The number of hydrogen-bond acceptors (Lipinski definition) is 4. The van der Waals surface area contributed by atoms with Gasteiger partial charge >= 0.3 is 0 Å². The van der Waals surface area contributed by atoms with Gasteiger partial charge in [0.1, 0.15) is 11.6 Å². The fourth-order valence-corrected chi connectivity index (χ4v) is 4.01. The lowest BCUT2D eigenvalue weighted by atomic mass is 10.0. The first kappa shape index (κ1) is 21.6. The third-order valence-electron chi connectivity index (χ3n) is 5.63. The van der Waals surface area contributed by atoms with Gasteiger partial charge in [-0.2, -0.15) is 5.10 Å². The number of H-pyrrole nitrogens is 1. The van der Waals surface area contributed by atoms with Gasteiger partial charge in [0.05, 0.1) is 41.6 Å². The Kier molecular flexibility index (Phi) is 5.99. The standard InChI is InChI=1S/C25H29N5O2/c1-15(2)22(24-27-20-8-6-7-9-21(20)30(24)16(3)4)28-25(31)19-14-26-29-23(19)17-10-12-18(32-5)13-11-17/h6-16,22H,1-5H3,(H,26,29)(H,28,31)/t22-/m0/s1. The van der Waals surface area contributed by atoms with Crippen LogP contribution in [0.5, 0.6) is 5.75 Å². The molecule has 2 aromatic heterocycles. The Bertz CT molecular complexity index is 1220. The third-order valence-corrected chi connectivity index (χ3v) is 5.63. The normalized spacial score (nSPS) is 12.5. The minimum atomic E-state index is -0.254. The highest BCUT2D eigenvalue weighted by Gasteiger charge is 2.27. The molecule has 32 heavy (non-hydrogen) atoms. The lowest BCUT2D eigenvalue weighted by molar-refractivity contribution is 0.0922. The predicted molar refractivity (Wildman–Crippen MR) is 126 cm³/mol. The maximum Gasteiger partial charge on any atom is 0.255 e. The van der Waals surface area contributed by atoms with E-state index in [2.05, 4.69) is 53.8 Å².